The number of non-ortho nitro benzene ring substituents is 1. The Morgan fingerprint density at radius 1 is 1.12 bits per heavy atom. The van der Waals surface area contributed by atoms with Crippen molar-refractivity contribution in [3.05, 3.63) is 58.6 Å². The Morgan fingerprint density at radius 2 is 1.96 bits per heavy atom. The molecule has 25 heavy (non-hydrogen) atoms. The van der Waals surface area contributed by atoms with Crippen molar-refractivity contribution in [3.63, 3.8) is 0 Å². The molecule has 10 heteroatoms. The molecule has 0 spiro atoms. The summed E-state index contributed by atoms with van der Waals surface area (Å²) in [4.78, 5) is 18.6. The van der Waals surface area contributed by atoms with Gasteiger partial charge < -0.3 is 8.83 Å². The lowest BCUT2D eigenvalue weighted by atomic mass is 10.2. The number of nitro groups is 1. The first-order valence-electron chi connectivity index (χ1n) is 7.10. The average molecular weight is 355 g/mol. The van der Waals surface area contributed by atoms with E-state index in [4.69, 9.17) is 8.83 Å². The standard InChI is InChI=1S/C15H9N5O4S/c21-20(22)10-5-3-9(4-6-10)14-19-18-12(24-14)8-25-15-17-13-11(23-15)2-1-7-16-13/h1-7H,8H2. The molecule has 0 radical (unpaired) electrons. The van der Waals surface area contributed by atoms with Gasteiger partial charge in [-0.25, -0.2) is 4.98 Å². The molecule has 0 aliphatic heterocycles. The normalized spacial score (nSPS) is 11.0. The van der Waals surface area contributed by atoms with Gasteiger partial charge in [-0.1, -0.05) is 11.8 Å². The molecule has 0 N–H and O–H groups in total. The summed E-state index contributed by atoms with van der Waals surface area (Å²) >= 11 is 1.31. The molecule has 0 atom stereocenters. The van der Waals surface area contributed by atoms with Crippen molar-refractivity contribution < 1.29 is 13.8 Å². The zero-order valence-electron chi connectivity index (χ0n) is 12.5. The van der Waals surface area contributed by atoms with Gasteiger partial charge in [0.1, 0.15) is 0 Å². The molecule has 4 aromatic rings. The number of thioether (sulfide) groups is 1. The van der Waals surface area contributed by atoms with E-state index in [0.29, 0.717) is 39.6 Å². The zero-order chi connectivity index (χ0) is 17.2. The lowest BCUT2D eigenvalue weighted by molar-refractivity contribution is -0.384. The van der Waals surface area contributed by atoms with Gasteiger partial charge in [-0.2, -0.15) is 4.98 Å². The number of pyridine rings is 1. The van der Waals surface area contributed by atoms with Crippen LogP contribution in [-0.4, -0.2) is 25.1 Å². The van der Waals surface area contributed by atoms with E-state index in [2.05, 4.69) is 20.2 Å². The number of rotatable bonds is 5. The number of fused-ring (bicyclic) bond motifs is 1. The van der Waals surface area contributed by atoms with Crippen molar-refractivity contribution in [2.75, 3.05) is 0 Å². The highest BCUT2D eigenvalue weighted by atomic mass is 32.2. The molecule has 0 amide bonds. The van der Waals surface area contributed by atoms with Crippen LogP contribution in [0.4, 0.5) is 5.69 Å². The summed E-state index contributed by atoms with van der Waals surface area (Å²) < 4.78 is 11.1. The Balaban J connectivity index is 1.46. The number of hydrogen-bond acceptors (Lipinski definition) is 9. The molecule has 0 aliphatic rings. The summed E-state index contributed by atoms with van der Waals surface area (Å²) in [6, 6.07) is 9.47. The first-order valence-corrected chi connectivity index (χ1v) is 8.09. The quantitative estimate of drug-likeness (QED) is 0.301. The van der Waals surface area contributed by atoms with Gasteiger partial charge in [-0.05, 0) is 24.3 Å². The molecule has 124 valence electrons. The predicted octanol–water partition coefficient (Wildman–Crippen LogP) is 3.47. The second kappa shape index (κ2) is 6.32. The minimum atomic E-state index is -0.463. The van der Waals surface area contributed by atoms with E-state index in [1.807, 2.05) is 0 Å². The molecule has 0 fully saturated rings. The highest BCUT2D eigenvalue weighted by molar-refractivity contribution is 7.98. The number of hydrogen-bond donors (Lipinski definition) is 0. The first kappa shape index (κ1) is 15.3. The van der Waals surface area contributed by atoms with E-state index < -0.39 is 4.92 Å². The molecule has 4 rings (SSSR count). The summed E-state index contributed by atoms with van der Waals surface area (Å²) in [5.74, 6) is 1.07. The van der Waals surface area contributed by atoms with Crippen LogP contribution in [0, 0.1) is 10.1 Å². The summed E-state index contributed by atoms with van der Waals surface area (Å²) in [5, 5.41) is 19.0. The van der Waals surface area contributed by atoms with Crippen LogP contribution in [0.1, 0.15) is 5.89 Å². The third-order valence-electron chi connectivity index (χ3n) is 3.26. The molecule has 0 unspecified atom stereocenters. The van der Waals surface area contributed by atoms with Gasteiger partial charge in [-0.3, -0.25) is 10.1 Å². The molecule has 0 bridgehead atoms. The Morgan fingerprint density at radius 3 is 2.72 bits per heavy atom. The van der Waals surface area contributed by atoms with Crippen LogP contribution in [0.25, 0.3) is 22.7 Å². The summed E-state index contributed by atoms with van der Waals surface area (Å²) in [6.45, 7) is 0. The van der Waals surface area contributed by atoms with Crippen LogP contribution < -0.4 is 0 Å². The summed E-state index contributed by atoms with van der Waals surface area (Å²) in [6.07, 6.45) is 1.65. The van der Waals surface area contributed by atoms with E-state index in [1.165, 1.54) is 23.9 Å². The second-order valence-electron chi connectivity index (χ2n) is 4.90. The van der Waals surface area contributed by atoms with E-state index in [-0.39, 0.29) is 5.69 Å². The molecule has 3 heterocycles. The molecule has 0 saturated carbocycles. The predicted molar refractivity (Wildman–Crippen MR) is 87.8 cm³/mol. The molecule has 9 nitrogen and oxygen atoms in total. The van der Waals surface area contributed by atoms with Gasteiger partial charge in [0.05, 0.1) is 10.7 Å². The highest BCUT2D eigenvalue weighted by Crippen LogP contribution is 2.27. The van der Waals surface area contributed by atoms with Crippen molar-refractivity contribution >= 4 is 28.7 Å². The minimum Gasteiger partial charge on any atom is -0.430 e. The van der Waals surface area contributed by atoms with Gasteiger partial charge in [0.15, 0.2) is 11.2 Å². The maximum atomic E-state index is 10.7. The van der Waals surface area contributed by atoms with Crippen LogP contribution in [-0.2, 0) is 5.75 Å². The number of nitrogens with zero attached hydrogens (tertiary/aromatic N) is 5. The van der Waals surface area contributed by atoms with Crippen molar-refractivity contribution in [1.82, 2.24) is 20.2 Å². The van der Waals surface area contributed by atoms with E-state index in [1.54, 1.807) is 30.5 Å². The summed E-state index contributed by atoms with van der Waals surface area (Å²) in [7, 11) is 0. The van der Waals surface area contributed by atoms with E-state index in [9.17, 15) is 10.1 Å². The van der Waals surface area contributed by atoms with Crippen molar-refractivity contribution in [2.24, 2.45) is 0 Å². The SMILES string of the molecule is O=[N+]([O-])c1ccc(-c2nnc(CSc3nc4ncccc4o3)o2)cc1. The zero-order valence-corrected chi connectivity index (χ0v) is 13.3. The summed E-state index contributed by atoms with van der Waals surface area (Å²) in [5.41, 5.74) is 1.77. The smallest absolute Gasteiger partial charge is 0.269 e. The number of aromatic nitrogens is 4. The monoisotopic (exact) mass is 355 g/mol. The van der Waals surface area contributed by atoms with E-state index in [0.717, 1.165) is 0 Å². The maximum absolute atomic E-state index is 10.7. The maximum Gasteiger partial charge on any atom is 0.269 e. The van der Waals surface area contributed by atoms with Crippen LogP contribution in [0.2, 0.25) is 0 Å². The first-order chi connectivity index (χ1) is 12.2. The Kier molecular flexibility index (Phi) is 3.86. The van der Waals surface area contributed by atoms with Crippen LogP contribution in [0.3, 0.4) is 0 Å². The van der Waals surface area contributed by atoms with Gasteiger partial charge in [0.2, 0.25) is 11.8 Å². The molecular formula is C15H9N5O4S. The molecule has 0 saturated heterocycles. The van der Waals surface area contributed by atoms with Crippen LogP contribution in [0.5, 0.6) is 0 Å². The van der Waals surface area contributed by atoms with Gasteiger partial charge >= 0.3 is 0 Å². The highest BCUT2D eigenvalue weighted by Gasteiger charge is 2.13. The molecule has 0 aliphatic carbocycles. The number of oxazole rings is 1. The average Bonchev–Trinajstić information content (AvgIpc) is 3.26. The fourth-order valence-electron chi connectivity index (χ4n) is 2.09. The Labute approximate surface area is 144 Å². The van der Waals surface area contributed by atoms with Gasteiger partial charge in [0.25, 0.3) is 10.9 Å². The topological polar surface area (TPSA) is 121 Å². The fourth-order valence-corrected chi connectivity index (χ4v) is 2.75. The third-order valence-corrected chi connectivity index (χ3v) is 4.07. The Hall–Kier alpha value is -3.27. The molecule has 1 aromatic carbocycles. The number of nitro benzene ring substituents is 1. The lowest BCUT2D eigenvalue weighted by Gasteiger charge is -1.94. The van der Waals surface area contributed by atoms with Crippen molar-refractivity contribution in [1.29, 1.82) is 0 Å². The van der Waals surface area contributed by atoms with Crippen molar-refractivity contribution in [3.8, 4) is 11.5 Å². The third kappa shape index (κ3) is 3.19. The largest absolute Gasteiger partial charge is 0.430 e. The van der Waals surface area contributed by atoms with Gasteiger partial charge in [-0.15, -0.1) is 10.2 Å². The van der Waals surface area contributed by atoms with Crippen LogP contribution in [0.15, 0.2) is 56.7 Å². The van der Waals surface area contributed by atoms with Crippen LogP contribution >= 0.6 is 11.8 Å². The van der Waals surface area contributed by atoms with E-state index >= 15 is 0 Å². The Bertz CT molecular complexity index is 1010. The van der Waals surface area contributed by atoms with Gasteiger partial charge in [0, 0.05) is 23.9 Å². The number of benzene rings is 1. The minimum absolute atomic E-state index is 0.00335. The second-order valence-corrected chi connectivity index (χ2v) is 5.83. The molecular weight excluding hydrogens is 346 g/mol. The molecule has 3 aromatic heterocycles. The van der Waals surface area contributed by atoms with Crippen molar-refractivity contribution in [2.45, 2.75) is 11.0 Å². The fraction of sp³-hybridized carbons (Fsp3) is 0.0667. The lowest BCUT2D eigenvalue weighted by Crippen LogP contribution is -1.87.